The number of aromatic nitrogens is 1. The number of hydrogen-bond acceptors (Lipinski definition) is 5. The van der Waals surface area contributed by atoms with Crippen molar-refractivity contribution in [3.63, 3.8) is 0 Å². The molecule has 0 aliphatic carbocycles. The Balaban J connectivity index is 1.47. The van der Waals surface area contributed by atoms with Crippen molar-refractivity contribution in [2.75, 3.05) is 19.8 Å². The first-order valence-electron chi connectivity index (χ1n) is 8.38. The molecule has 1 saturated heterocycles. The summed E-state index contributed by atoms with van der Waals surface area (Å²) in [5.41, 5.74) is 1.14. The molecule has 6 heteroatoms. The number of rotatable bonds is 4. The molecule has 126 valence electrons. The number of carbonyl (C=O) groups is 1. The van der Waals surface area contributed by atoms with Gasteiger partial charge >= 0.3 is 0 Å². The van der Waals surface area contributed by atoms with Gasteiger partial charge in [0, 0.05) is 31.0 Å². The third kappa shape index (κ3) is 3.11. The SMILES string of the molecule is O=C(CCc1nccs1)N1CCCC1c1ccc2c(c1)OCCO2. The maximum Gasteiger partial charge on any atom is 0.223 e. The van der Waals surface area contributed by atoms with Crippen molar-refractivity contribution in [2.24, 2.45) is 0 Å². The van der Waals surface area contributed by atoms with Crippen LogP contribution in [0, 0.1) is 0 Å². The third-order valence-electron chi connectivity index (χ3n) is 4.56. The summed E-state index contributed by atoms with van der Waals surface area (Å²) in [6, 6.07) is 6.20. The lowest BCUT2D eigenvalue weighted by atomic mass is 10.0. The standard InChI is InChI=1S/C18H20N2O3S/c21-18(6-5-17-19-7-11-24-17)20-8-1-2-14(20)13-3-4-15-16(12-13)23-10-9-22-15/h3-4,7,11-12,14H,1-2,5-6,8-10H2. The second-order valence-electron chi connectivity index (χ2n) is 6.07. The third-order valence-corrected chi connectivity index (χ3v) is 5.40. The first-order chi connectivity index (χ1) is 11.8. The zero-order chi connectivity index (χ0) is 16.4. The van der Waals surface area contributed by atoms with Crippen LogP contribution < -0.4 is 9.47 Å². The fourth-order valence-electron chi connectivity index (χ4n) is 3.41. The topological polar surface area (TPSA) is 51.7 Å². The summed E-state index contributed by atoms with van der Waals surface area (Å²) in [5, 5.41) is 2.98. The largest absolute Gasteiger partial charge is 0.486 e. The molecule has 0 bridgehead atoms. The lowest BCUT2D eigenvalue weighted by Crippen LogP contribution is -2.30. The minimum atomic E-state index is 0.143. The van der Waals surface area contributed by atoms with Crippen LogP contribution in [-0.4, -0.2) is 35.5 Å². The predicted octanol–water partition coefficient (Wildman–Crippen LogP) is 3.21. The summed E-state index contributed by atoms with van der Waals surface area (Å²) in [5.74, 6) is 1.80. The molecule has 3 heterocycles. The predicted molar refractivity (Wildman–Crippen MR) is 91.6 cm³/mol. The van der Waals surface area contributed by atoms with Crippen molar-refractivity contribution in [3.05, 3.63) is 40.3 Å². The molecule has 1 aromatic heterocycles. The molecule has 0 spiro atoms. The van der Waals surface area contributed by atoms with Gasteiger partial charge in [0.15, 0.2) is 11.5 Å². The van der Waals surface area contributed by atoms with Gasteiger partial charge in [-0.25, -0.2) is 4.98 Å². The van der Waals surface area contributed by atoms with E-state index in [1.54, 1.807) is 17.5 Å². The molecule has 2 aliphatic rings. The highest BCUT2D eigenvalue weighted by Crippen LogP contribution is 2.38. The van der Waals surface area contributed by atoms with E-state index in [9.17, 15) is 4.79 Å². The Hall–Kier alpha value is -2.08. The van der Waals surface area contributed by atoms with Gasteiger partial charge in [-0.15, -0.1) is 11.3 Å². The second-order valence-corrected chi connectivity index (χ2v) is 7.05. The molecule has 4 rings (SSSR count). The smallest absolute Gasteiger partial charge is 0.223 e. The number of ether oxygens (including phenoxy) is 2. The van der Waals surface area contributed by atoms with Gasteiger partial charge in [-0.1, -0.05) is 6.07 Å². The summed E-state index contributed by atoms with van der Waals surface area (Å²) < 4.78 is 11.3. The molecule has 2 aliphatic heterocycles. The quantitative estimate of drug-likeness (QED) is 0.855. The molecule has 0 saturated carbocycles. The zero-order valence-corrected chi connectivity index (χ0v) is 14.3. The van der Waals surface area contributed by atoms with Gasteiger partial charge in [0.2, 0.25) is 5.91 Å². The summed E-state index contributed by atoms with van der Waals surface area (Å²) in [6.07, 6.45) is 5.08. The number of nitrogens with zero attached hydrogens (tertiary/aromatic N) is 2. The maximum atomic E-state index is 12.7. The summed E-state index contributed by atoms with van der Waals surface area (Å²) >= 11 is 1.61. The molecule has 1 amide bonds. The van der Waals surface area contributed by atoms with Gasteiger partial charge in [-0.3, -0.25) is 4.79 Å². The number of hydrogen-bond donors (Lipinski definition) is 0. The Labute approximate surface area is 145 Å². The number of amides is 1. The number of carbonyl (C=O) groups excluding carboxylic acids is 1. The van der Waals surface area contributed by atoms with E-state index in [-0.39, 0.29) is 11.9 Å². The Morgan fingerprint density at radius 1 is 1.29 bits per heavy atom. The fraction of sp³-hybridized carbons (Fsp3) is 0.444. The Kier molecular flexibility index (Phi) is 4.38. The van der Waals surface area contributed by atoms with Gasteiger partial charge in [-0.2, -0.15) is 0 Å². The van der Waals surface area contributed by atoms with Crippen LogP contribution in [0.1, 0.15) is 35.9 Å². The van der Waals surface area contributed by atoms with E-state index < -0.39 is 0 Å². The van der Waals surface area contributed by atoms with E-state index in [2.05, 4.69) is 11.1 Å². The highest BCUT2D eigenvalue weighted by molar-refractivity contribution is 7.09. The fourth-order valence-corrected chi connectivity index (χ4v) is 4.03. The van der Waals surface area contributed by atoms with Gasteiger partial charge in [0.25, 0.3) is 0 Å². The average molecular weight is 344 g/mol. The van der Waals surface area contributed by atoms with E-state index in [0.717, 1.165) is 47.9 Å². The normalized spacial score (nSPS) is 19.5. The molecular formula is C18H20N2O3S. The van der Waals surface area contributed by atoms with Gasteiger partial charge in [-0.05, 0) is 30.5 Å². The summed E-state index contributed by atoms with van der Waals surface area (Å²) in [7, 11) is 0. The highest BCUT2D eigenvalue weighted by Gasteiger charge is 2.30. The van der Waals surface area contributed by atoms with Crippen LogP contribution in [0.3, 0.4) is 0 Å². The van der Waals surface area contributed by atoms with Crippen molar-refractivity contribution in [2.45, 2.75) is 31.7 Å². The minimum Gasteiger partial charge on any atom is -0.486 e. The molecule has 5 nitrogen and oxygen atoms in total. The molecule has 1 fully saturated rings. The monoisotopic (exact) mass is 344 g/mol. The van der Waals surface area contributed by atoms with E-state index in [0.29, 0.717) is 19.6 Å². The highest BCUT2D eigenvalue weighted by atomic mass is 32.1. The molecule has 1 atom stereocenters. The van der Waals surface area contributed by atoms with Crippen molar-refractivity contribution >= 4 is 17.2 Å². The van der Waals surface area contributed by atoms with Gasteiger partial charge < -0.3 is 14.4 Å². The lowest BCUT2D eigenvalue weighted by Gasteiger charge is -2.26. The van der Waals surface area contributed by atoms with Gasteiger partial charge in [0.1, 0.15) is 13.2 Å². The van der Waals surface area contributed by atoms with Crippen LogP contribution in [-0.2, 0) is 11.2 Å². The van der Waals surface area contributed by atoms with E-state index in [1.165, 1.54) is 0 Å². The average Bonchev–Trinajstić information content (AvgIpc) is 3.31. The molecular weight excluding hydrogens is 324 g/mol. The Bertz CT molecular complexity index is 717. The molecule has 2 aromatic rings. The van der Waals surface area contributed by atoms with Gasteiger partial charge in [0.05, 0.1) is 11.0 Å². The maximum absolute atomic E-state index is 12.7. The van der Waals surface area contributed by atoms with Crippen molar-refractivity contribution < 1.29 is 14.3 Å². The molecule has 1 aromatic carbocycles. The van der Waals surface area contributed by atoms with Crippen LogP contribution >= 0.6 is 11.3 Å². The Morgan fingerprint density at radius 2 is 2.17 bits per heavy atom. The van der Waals surface area contributed by atoms with E-state index >= 15 is 0 Å². The molecule has 24 heavy (non-hydrogen) atoms. The van der Waals surface area contributed by atoms with Crippen LogP contribution in [0.4, 0.5) is 0 Å². The van der Waals surface area contributed by atoms with Crippen LogP contribution in [0.2, 0.25) is 0 Å². The zero-order valence-electron chi connectivity index (χ0n) is 13.4. The van der Waals surface area contributed by atoms with Crippen LogP contribution in [0.15, 0.2) is 29.8 Å². The number of benzene rings is 1. The minimum absolute atomic E-state index is 0.143. The van der Waals surface area contributed by atoms with Crippen molar-refractivity contribution in [3.8, 4) is 11.5 Å². The number of thiazole rings is 1. The summed E-state index contributed by atoms with van der Waals surface area (Å²) in [4.78, 5) is 18.9. The number of aryl methyl sites for hydroxylation is 1. The second kappa shape index (κ2) is 6.81. The number of likely N-dealkylation sites (tertiary alicyclic amines) is 1. The lowest BCUT2D eigenvalue weighted by molar-refractivity contribution is -0.132. The van der Waals surface area contributed by atoms with Crippen molar-refractivity contribution in [1.82, 2.24) is 9.88 Å². The van der Waals surface area contributed by atoms with Crippen LogP contribution in [0.25, 0.3) is 0 Å². The Morgan fingerprint density at radius 3 is 3.00 bits per heavy atom. The molecule has 0 radical (unpaired) electrons. The van der Waals surface area contributed by atoms with Crippen LogP contribution in [0.5, 0.6) is 11.5 Å². The number of fused-ring (bicyclic) bond motifs is 1. The molecule has 1 unspecified atom stereocenters. The van der Waals surface area contributed by atoms with E-state index in [4.69, 9.17) is 9.47 Å². The summed E-state index contributed by atoms with van der Waals surface area (Å²) in [6.45, 7) is 2.00. The first kappa shape index (κ1) is 15.4. The molecule has 0 N–H and O–H groups in total. The van der Waals surface area contributed by atoms with E-state index in [1.807, 2.05) is 22.4 Å². The van der Waals surface area contributed by atoms with Crippen molar-refractivity contribution in [1.29, 1.82) is 0 Å². The first-order valence-corrected chi connectivity index (χ1v) is 9.26.